The van der Waals surface area contributed by atoms with Crippen LogP contribution in [0.5, 0.6) is 0 Å². The highest BCUT2D eigenvalue weighted by Crippen LogP contribution is 1.91. The molecule has 0 aliphatic rings. The fourth-order valence-electron chi connectivity index (χ4n) is 1.09. The average molecular weight is 234 g/mol. The first kappa shape index (κ1) is 14.8. The fraction of sp³-hybridized carbons (Fsp3) is 0.778. The van der Waals surface area contributed by atoms with Crippen LogP contribution in [0.2, 0.25) is 0 Å². The second-order valence-corrected chi connectivity index (χ2v) is 3.27. The molecule has 0 heterocycles. The zero-order chi connectivity index (χ0) is 12.4. The molecule has 0 saturated carbocycles. The first-order valence-electron chi connectivity index (χ1n) is 5.07. The Bertz CT molecular complexity index is 222. The molecule has 0 amide bonds. The number of hydrogen-bond acceptors (Lipinski definition) is 5. The third kappa shape index (κ3) is 8.16. The maximum atomic E-state index is 10.6. The van der Waals surface area contributed by atoms with Crippen LogP contribution in [0.15, 0.2) is 0 Å². The predicted molar refractivity (Wildman–Crippen MR) is 56.3 cm³/mol. The van der Waals surface area contributed by atoms with Crippen molar-refractivity contribution in [3.63, 3.8) is 0 Å². The van der Waals surface area contributed by atoms with E-state index in [1.54, 1.807) is 0 Å². The molecular weight excluding hydrogens is 216 g/mol. The molecule has 7 heteroatoms. The van der Waals surface area contributed by atoms with Gasteiger partial charge in [-0.1, -0.05) is 0 Å². The molecule has 0 aromatic rings. The number of aliphatic hydroxyl groups excluding tert-OH is 1. The average Bonchev–Trinajstić information content (AvgIpc) is 2.20. The summed E-state index contributed by atoms with van der Waals surface area (Å²) in [6, 6.07) is -1.06. The van der Waals surface area contributed by atoms with Gasteiger partial charge in [-0.15, -0.1) is 0 Å². The van der Waals surface area contributed by atoms with Crippen LogP contribution >= 0.6 is 0 Å². The van der Waals surface area contributed by atoms with Gasteiger partial charge in [0.25, 0.3) is 0 Å². The minimum atomic E-state index is -1.17. The van der Waals surface area contributed by atoms with E-state index in [2.05, 4.69) is 10.6 Å². The topological polar surface area (TPSA) is 119 Å². The van der Waals surface area contributed by atoms with E-state index in [0.29, 0.717) is 26.1 Å². The third-order valence-corrected chi connectivity index (χ3v) is 1.88. The number of aliphatic carboxylic acids is 2. The molecule has 16 heavy (non-hydrogen) atoms. The minimum Gasteiger partial charge on any atom is -0.481 e. The van der Waals surface area contributed by atoms with Crippen molar-refractivity contribution in [1.29, 1.82) is 0 Å². The summed E-state index contributed by atoms with van der Waals surface area (Å²) in [6.45, 7) is 1.66. The van der Waals surface area contributed by atoms with Crippen LogP contribution in [0, 0.1) is 0 Å². The van der Waals surface area contributed by atoms with Gasteiger partial charge in [-0.25, -0.2) is 0 Å². The Labute approximate surface area is 93.5 Å². The molecule has 0 aromatic heterocycles. The van der Waals surface area contributed by atoms with Gasteiger partial charge in [0, 0.05) is 19.7 Å². The Morgan fingerprint density at radius 2 is 1.81 bits per heavy atom. The molecule has 0 aromatic carbocycles. The lowest BCUT2D eigenvalue weighted by Gasteiger charge is -2.12. The van der Waals surface area contributed by atoms with Gasteiger partial charge < -0.3 is 26.0 Å². The van der Waals surface area contributed by atoms with Crippen molar-refractivity contribution in [3.8, 4) is 0 Å². The molecule has 0 rings (SSSR count). The van der Waals surface area contributed by atoms with Gasteiger partial charge in [-0.2, -0.15) is 0 Å². The van der Waals surface area contributed by atoms with Gasteiger partial charge in [0.05, 0.1) is 6.42 Å². The number of carboxylic acids is 2. The van der Waals surface area contributed by atoms with E-state index in [0.717, 1.165) is 0 Å². The van der Waals surface area contributed by atoms with Gasteiger partial charge in [0.15, 0.2) is 0 Å². The first-order chi connectivity index (χ1) is 7.57. The summed E-state index contributed by atoms with van der Waals surface area (Å²) in [4.78, 5) is 21.0. The molecule has 7 nitrogen and oxygen atoms in total. The van der Waals surface area contributed by atoms with Gasteiger partial charge in [-0.05, 0) is 13.0 Å². The normalized spacial score (nSPS) is 12.3. The van der Waals surface area contributed by atoms with Crippen molar-refractivity contribution in [2.24, 2.45) is 0 Å². The van der Waals surface area contributed by atoms with E-state index in [1.165, 1.54) is 0 Å². The molecule has 0 aliphatic heterocycles. The molecule has 94 valence electrons. The second-order valence-electron chi connectivity index (χ2n) is 3.27. The number of nitrogens with one attached hydrogen (secondary N) is 2. The summed E-state index contributed by atoms with van der Waals surface area (Å²) in [7, 11) is 0. The van der Waals surface area contributed by atoms with Crippen LogP contribution in [-0.2, 0) is 9.59 Å². The van der Waals surface area contributed by atoms with Crippen LogP contribution in [0.1, 0.15) is 12.8 Å². The van der Waals surface area contributed by atoms with Crippen molar-refractivity contribution in [2.75, 3.05) is 26.2 Å². The van der Waals surface area contributed by atoms with E-state index in [9.17, 15) is 9.59 Å². The van der Waals surface area contributed by atoms with Gasteiger partial charge in [-0.3, -0.25) is 9.59 Å². The van der Waals surface area contributed by atoms with Crippen molar-refractivity contribution in [2.45, 2.75) is 18.9 Å². The van der Waals surface area contributed by atoms with Crippen molar-refractivity contribution < 1.29 is 24.9 Å². The van der Waals surface area contributed by atoms with Gasteiger partial charge >= 0.3 is 11.9 Å². The summed E-state index contributed by atoms with van der Waals surface area (Å²) >= 11 is 0. The van der Waals surface area contributed by atoms with Crippen LogP contribution in [-0.4, -0.2) is 59.5 Å². The lowest BCUT2D eigenvalue weighted by atomic mass is 10.2. The molecule has 0 bridgehead atoms. The number of hydrogen-bond donors (Lipinski definition) is 5. The highest BCUT2D eigenvalue weighted by molar-refractivity contribution is 5.80. The van der Waals surface area contributed by atoms with Crippen molar-refractivity contribution >= 4 is 11.9 Å². The Hall–Kier alpha value is -1.18. The molecule has 0 fully saturated rings. The van der Waals surface area contributed by atoms with Crippen molar-refractivity contribution in [1.82, 2.24) is 10.6 Å². The Morgan fingerprint density at radius 3 is 2.31 bits per heavy atom. The molecule has 0 radical (unpaired) electrons. The monoisotopic (exact) mass is 234 g/mol. The first-order valence-corrected chi connectivity index (χ1v) is 5.07. The smallest absolute Gasteiger partial charge is 0.321 e. The Morgan fingerprint density at radius 1 is 1.12 bits per heavy atom. The van der Waals surface area contributed by atoms with E-state index < -0.39 is 24.4 Å². The van der Waals surface area contributed by atoms with Crippen LogP contribution in [0.25, 0.3) is 0 Å². The zero-order valence-electron chi connectivity index (χ0n) is 8.98. The summed E-state index contributed by atoms with van der Waals surface area (Å²) in [5.74, 6) is -2.31. The van der Waals surface area contributed by atoms with Gasteiger partial charge in [0.1, 0.15) is 6.04 Å². The number of carbonyl (C=O) groups is 2. The highest BCUT2D eigenvalue weighted by atomic mass is 16.4. The molecule has 0 aliphatic carbocycles. The Balaban J connectivity index is 3.60. The molecule has 0 spiro atoms. The summed E-state index contributed by atoms with van der Waals surface area (Å²) in [5.41, 5.74) is 0. The zero-order valence-corrected chi connectivity index (χ0v) is 8.98. The summed E-state index contributed by atoms with van der Waals surface area (Å²) in [6.07, 6.45) is 0.198. The van der Waals surface area contributed by atoms with Crippen LogP contribution < -0.4 is 10.6 Å². The quantitative estimate of drug-likeness (QED) is 0.291. The van der Waals surface area contributed by atoms with Crippen molar-refractivity contribution in [3.05, 3.63) is 0 Å². The maximum Gasteiger partial charge on any atom is 0.321 e. The third-order valence-electron chi connectivity index (χ3n) is 1.88. The minimum absolute atomic E-state index is 0.108. The number of carboxylic acid groups (broad SMARTS) is 2. The summed E-state index contributed by atoms with van der Waals surface area (Å²) in [5, 5.41) is 31.2. The van der Waals surface area contributed by atoms with Gasteiger partial charge in [0.2, 0.25) is 0 Å². The second kappa shape index (κ2) is 9.08. The van der Waals surface area contributed by atoms with E-state index >= 15 is 0 Å². The van der Waals surface area contributed by atoms with E-state index in [1.807, 2.05) is 0 Å². The van der Waals surface area contributed by atoms with Crippen LogP contribution in [0.3, 0.4) is 0 Å². The largest absolute Gasteiger partial charge is 0.481 e. The fourth-order valence-corrected chi connectivity index (χ4v) is 1.09. The maximum absolute atomic E-state index is 10.6. The standard InChI is InChI=1S/C9H18N2O5/c12-5-1-2-10-3-4-11-7(9(15)16)6-8(13)14/h7,10-12H,1-6H2,(H,13,14)(H,15,16). The predicted octanol–water partition coefficient (Wildman–Crippen LogP) is -1.52. The highest BCUT2D eigenvalue weighted by Gasteiger charge is 2.19. The lowest BCUT2D eigenvalue weighted by molar-refractivity contribution is -0.145. The Kier molecular flexibility index (Phi) is 8.41. The van der Waals surface area contributed by atoms with E-state index in [4.69, 9.17) is 15.3 Å². The number of aliphatic hydroxyl groups is 1. The molecule has 0 saturated heterocycles. The molecule has 1 atom stereocenters. The van der Waals surface area contributed by atoms with E-state index in [-0.39, 0.29) is 6.61 Å². The molecule has 1 unspecified atom stereocenters. The SMILES string of the molecule is O=C(O)CC(NCCNCCCO)C(=O)O. The molecule has 5 N–H and O–H groups in total. The lowest BCUT2D eigenvalue weighted by Crippen LogP contribution is -2.41. The molecular formula is C9H18N2O5. The van der Waals surface area contributed by atoms with Crippen LogP contribution in [0.4, 0.5) is 0 Å². The summed E-state index contributed by atoms with van der Waals surface area (Å²) < 4.78 is 0. The number of rotatable bonds is 10.